The molecule has 1 heterocycles. The van der Waals surface area contributed by atoms with E-state index in [1.54, 1.807) is 0 Å². The Bertz CT molecular complexity index is 461. The molecule has 0 saturated carbocycles. The number of hydrogen-bond acceptors (Lipinski definition) is 3. The largest absolute Gasteiger partial charge is 0.480 e. The van der Waals surface area contributed by atoms with Gasteiger partial charge in [0.05, 0.1) is 0 Å². The van der Waals surface area contributed by atoms with Gasteiger partial charge in [-0.1, -0.05) is 44.2 Å². The Balaban J connectivity index is 2.04. The van der Waals surface area contributed by atoms with E-state index in [4.69, 9.17) is 0 Å². The summed E-state index contributed by atoms with van der Waals surface area (Å²) in [4.78, 5) is 14.0. The number of benzene rings is 1. The van der Waals surface area contributed by atoms with Crippen molar-refractivity contribution in [1.82, 2.24) is 10.2 Å². The van der Waals surface area contributed by atoms with Crippen LogP contribution in [-0.2, 0) is 11.3 Å². The third-order valence-electron chi connectivity index (χ3n) is 4.08. The number of nitrogens with one attached hydrogen (secondary N) is 1. The second-order valence-corrected chi connectivity index (χ2v) is 6.46. The molecule has 2 N–H and O–H groups in total. The van der Waals surface area contributed by atoms with Gasteiger partial charge in [0.2, 0.25) is 0 Å². The quantitative estimate of drug-likeness (QED) is 0.844. The van der Waals surface area contributed by atoms with Crippen LogP contribution in [0.25, 0.3) is 0 Å². The maximum Gasteiger partial charge on any atom is 0.325 e. The van der Waals surface area contributed by atoms with Crippen LogP contribution in [-0.4, -0.2) is 41.1 Å². The summed E-state index contributed by atoms with van der Waals surface area (Å²) in [6.07, 6.45) is 1.63. The van der Waals surface area contributed by atoms with Gasteiger partial charge in [-0.25, -0.2) is 0 Å². The zero-order chi connectivity index (χ0) is 15.3. The molecule has 0 spiro atoms. The molecule has 21 heavy (non-hydrogen) atoms. The lowest BCUT2D eigenvalue weighted by Gasteiger charge is -2.41. The lowest BCUT2D eigenvalue weighted by atomic mass is 9.88. The van der Waals surface area contributed by atoms with Gasteiger partial charge in [0.1, 0.15) is 5.54 Å². The summed E-state index contributed by atoms with van der Waals surface area (Å²) in [7, 11) is 0. The monoisotopic (exact) mass is 290 g/mol. The first kappa shape index (κ1) is 16.0. The number of hydrogen-bond donors (Lipinski definition) is 2. The Hall–Kier alpha value is -1.39. The third-order valence-corrected chi connectivity index (χ3v) is 4.08. The van der Waals surface area contributed by atoms with E-state index < -0.39 is 11.5 Å². The number of piperidine rings is 1. The van der Waals surface area contributed by atoms with Crippen LogP contribution in [0.1, 0.15) is 32.3 Å². The smallest absolute Gasteiger partial charge is 0.325 e. The Morgan fingerprint density at radius 1 is 1.38 bits per heavy atom. The molecule has 4 heteroatoms. The first-order chi connectivity index (χ1) is 10.0. The van der Waals surface area contributed by atoms with Crippen LogP contribution in [0.3, 0.4) is 0 Å². The molecular formula is C17H26N2O2. The van der Waals surface area contributed by atoms with Crippen LogP contribution in [0.5, 0.6) is 0 Å². The number of nitrogens with zero attached hydrogens (tertiary/aromatic N) is 1. The molecule has 1 aromatic carbocycles. The summed E-state index contributed by atoms with van der Waals surface area (Å²) < 4.78 is 0. The molecule has 0 radical (unpaired) electrons. The van der Waals surface area contributed by atoms with Crippen LogP contribution in [0.4, 0.5) is 0 Å². The van der Waals surface area contributed by atoms with Crippen molar-refractivity contribution in [3.8, 4) is 0 Å². The standard InChI is InChI=1S/C17H26N2O2/c1-14(2)11-18-17(16(20)21)9-6-10-19(13-17)12-15-7-4-3-5-8-15/h3-5,7-8,14,18H,6,9-13H2,1-2H3,(H,20,21). The highest BCUT2D eigenvalue weighted by atomic mass is 16.4. The van der Waals surface area contributed by atoms with Crippen molar-refractivity contribution >= 4 is 5.97 Å². The third kappa shape index (κ3) is 4.29. The van der Waals surface area contributed by atoms with Gasteiger partial charge in [0.15, 0.2) is 0 Å². The summed E-state index contributed by atoms with van der Waals surface area (Å²) >= 11 is 0. The highest BCUT2D eigenvalue weighted by Gasteiger charge is 2.41. The second kappa shape index (κ2) is 7.05. The molecule has 0 aliphatic carbocycles. The zero-order valence-corrected chi connectivity index (χ0v) is 13.0. The van der Waals surface area contributed by atoms with Crippen LogP contribution in [0.15, 0.2) is 30.3 Å². The highest BCUT2D eigenvalue weighted by molar-refractivity contribution is 5.79. The van der Waals surface area contributed by atoms with E-state index in [1.807, 2.05) is 18.2 Å². The summed E-state index contributed by atoms with van der Waals surface area (Å²) in [5.74, 6) is -0.272. The van der Waals surface area contributed by atoms with Gasteiger partial charge in [-0.15, -0.1) is 0 Å². The van der Waals surface area contributed by atoms with E-state index in [9.17, 15) is 9.90 Å². The lowest BCUT2D eigenvalue weighted by Crippen LogP contribution is -2.62. The molecule has 1 unspecified atom stereocenters. The molecular weight excluding hydrogens is 264 g/mol. The Morgan fingerprint density at radius 2 is 2.10 bits per heavy atom. The summed E-state index contributed by atoms with van der Waals surface area (Å²) in [6, 6.07) is 10.3. The number of aliphatic carboxylic acids is 1. The van der Waals surface area contributed by atoms with E-state index in [0.29, 0.717) is 18.9 Å². The van der Waals surface area contributed by atoms with Crippen molar-refractivity contribution in [1.29, 1.82) is 0 Å². The van der Waals surface area contributed by atoms with E-state index in [2.05, 4.69) is 36.2 Å². The van der Waals surface area contributed by atoms with Gasteiger partial charge in [-0.05, 0) is 37.4 Å². The molecule has 1 atom stereocenters. The van der Waals surface area contributed by atoms with Crippen LogP contribution in [0.2, 0.25) is 0 Å². The van der Waals surface area contributed by atoms with Crippen molar-refractivity contribution in [2.24, 2.45) is 5.92 Å². The Kier molecular flexibility index (Phi) is 5.37. The van der Waals surface area contributed by atoms with Crippen molar-refractivity contribution in [3.05, 3.63) is 35.9 Å². The lowest BCUT2D eigenvalue weighted by molar-refractivity contribution is -0.147. The molecule has 0 aromatic heterocycles. The average molecular weight is 290 g/mol. The molecule has 2 rings (SSSR count). The maximum atomic E-state index is 11.8. The minimum atomic E-state index is -0.794. The van der Waals surface area contributed by atoms with E-state index in [1.165, 1.54) is 5.56 Å². The molecule has 1 aromatic rings. The zero-order valence-electron chi connectivity index (χ0n) is 13.0. The first-order valence-electron chi connectivity index (χ1n) is 7.76. The number of likely N-dealkylation sites (tertiary alicyclic amines) is 1. The summed E-state index contributed by atoms with van der Waals surface area (Å²) in [5, 5.41) is 13.0. The van der Waals surface area contributed by atoms with Gasteiger partial charge in [-0.2, -0.15) is 0 Å². The van der Waals surface area contributed by atoms with Crippen molar-refractivity contribution in [2.45, 2.75) is 38.8 Å². The SMILES string of the molecule is CC(C)CNC1(C(=O)O)CCCN(Cc2ccccc2)C1. The van der Waals surface area contributed by atoms with Gasteiger partial charge in [-0.3, -0.25) is 9.69 Å². The molecule has 1 fully saturated rings. The summed E-state index contributed by atoms with van der Waals surface area (Å²) in [5.41, 5.74) is 0.444. The predicted molar refractivity (Wildman–Crippen MR) is 84.2 cm³/mol. The molecule has 4 nitrogen and oxygen atoms in total. The normalized spacial score (nSPS) is 23.4. The fourth-order valence-electron chi connectivity index (χ4n) is 2.91. The molecule has 0 bridgehead atoms. The molecule has 1 aliphatic rings. The summed E-state index contributed by atoms with van der Waals surface area (Å²) in [6.45, 7) is 7.31. The van der Waals surface area contributed by atoms with Crippen molar-refractivity contribution in [2.75, 3.05) is 19.6 Å². The topological polar surface area (TPSA) is 52.6 Å². The van der Waals surface area contributed by atoms with E-state index in [0.717, 1.165) is 26.1 Å². The fourth-order valence-corrected chi connectivity index (χ4v) is 2.91. The van der Waals surface area contributed by atoms with Crippen LogP contribution < -0.4 is 5.32 Å². The van der Waals surface area contributed by atoms with Crippen LogP contribution >= 0.6 is 0 Å². The Morgan fingerprint density at radius 3 is 2.71 bits per heavy atom. The number of rotatable bonds is 6. The molecule has 0 amide bonds. The minimum Gasteiger partial charge on any atom is -0.480 e. The van der Waals surface area contributed by atoms with Gasteiger partial charge in [0.25, 0.3) is 0 Å². The second-order valence-electron chi connectivity index (χ2n) is 6.46. The molecule has 1 saturated heterocycles. The predicted octanol–water partition coefficient (Wildman–Crippen LogP) is 2.35. The highest BCUT2D eigenvalue weighted by Crippen LogP contribution is 2.23. The fraction of sp³-hybridized carbons (Fsp3) is 0.588. The Labute approximate surface area is 127 Å². The number of carbonyl (C=O) groups is 1. The van der Waals surface area contributed by atoms with Crippen LogP contribution in [0, 0.1) is 5.92 Å². The van der Waals surface area contributed by atoms with Gasteiger partial charge < -0.3 is 10.4 Å². The van der Waals surface area contributed by atoms with Crippen molar-refractivity contribution < 1.29 is 9.90 Å². The van der Waals surface area contributed by atoms with Gasteiger partial charge >= 0.3 is 5.97 Å². The average Bonchev–Trinajstić information content (AvgIpc) is 2.46. The number of carboxylic acid groups (broad SMARTS) is 1. The molecule has 116 valence electrons. The maximum absolute atomic E-state index is 11.8. The van der Waals surface area contributed by atoms with Gasteiger partial charge in [0, 0.05) is 13.1 Å². The van der Waals surface area contributed by atoms with Crippen molar-refractivity contribution in [3.63, 3.8) is 0 Å². The minimum absolute atomic E-state index is 0.450. The number of carboxylic acids is 1. The first-order valence-corrected chi connectivity index (χ1v) is 7.76. The van der Waals surface area contributed by atoms with E-state index in [-0.39, 0.29) is 0 Å². The van der Waals surface area contributed by atoms with E-state index >= 15 is 0 Å². The molecule has 1 aliphatic heterocycles.